The van der Waals surface area contributed by atoms with E-state index in [1.165, 1.54) is 11.3 Å². The highest BCUT2D eigenvalue weighted by atomic mass is 35.5. The summed E-state index contributed by atoms with van der Waals surface area (Å²) in [4.78, 5) is 8.62. The molecule has 3 rings (SSSR count). The highest BCUT2D eigenvalue weighted by molar-refractivity contribution is 7.14. The number of nitrogens with one attached hydrogen (secondary N) is 1. The molecular formula is C15H11ClN4S. The summed E-state index contributed by atoms with van der Waals surface area (Å²) in [5, 5.41) is 7.54. The second-order valence-electron chi connectivity index (χ2n) is 4.17. The Hall–Kier alpha value is -2.24. The summed E-state index contributed by atoms with van der Waals surface area (Å²) in [6.07, 6.45) is 3.38. The molecule has 0 atom stereocenters. The fourth-order valence-electron chi connectivity index (χ4n) is 1.68. The first-order valence-electron chi connectivity index (χ1n) is 6.23. The van der Waals surface area contributed by atoms with Crippen molar-refractivity contribution in [3.05, 3.63) is 64.8 Å². The predicted molar refractivity (Wildman–Crippen MR) is 88.0 cm³/mol. The molecule has 0 radical (unpaired) electrons. The van der Waals surface area contributed by atoms with E-state index >= 15 is 0 Å². The van der Waals surface area contributed by atoms with Gasteiger partial charge >= 0.3 is 0 Å². The Bertz CT molecular complexity index is 738. The molecule has 0 aliphatic heterocycles. The Labute approximate surface area is 131 Å². The predicted octanol–water partition coefficient (Wildman–Crippen LogP) is 4.30. The van der Waals surface area contributed by atoms with Gasteiger partial charge in [-0.15, -0.1) is 11.3 Å². The van der Waals surface area contributed by atoms with Crippen LogP contribution in [0.2, 0.25) is 5.02 Å². The van der Waals surface area contributed by atoms with E-state index in [4.69, 9.17) is 11.6 Å². The van der Waals surface area contributed by atoms with E-state index in [0.717, 1.165) is 22.1 Å². The number of hydrazone groups is 1. The molecule has 0 aliphatic carbocycles. The van der Waals surface area contributed by atoms with Gasteiger partial charge in [0.1, 0.15) is 0 Å². The first kappa shape index (κ1) is 13.7. The highest BCUT2D eigenvalue weighted by Crippen LogP contribution is 2.25. The second-order valence-corrected chi connectivity index (χ2v) is 5.46. The number of anilines is 1. The number of hydrogen-bond acceptors (Lipinski definition) is 5. The highest BCUT2D eigenvalue weighted by Gasteiger charge is 2.03. The molecule has 2 aromatic heterocycles. The lowest BCUT2D eigenvalue weighted by Crippen LogP contribution is -1.91. The summed E-state index contributed by atoms with van der Waals surface area (Å²) in [6, 6.07) is 13.2. The van der Waals surface area contributed by atoms with Crippen molar-refractivity contribution in [1.29, 1.82) is 0 Å². The van der Waals surface area contributed by atoms with Gasteiger partial charge in [0.15, 0.2) is 0 Å². The van der Waals surface area contributed by atoms with Crippen molar-refractivity contribution in [1.82, 2.24) is 9.97 Å². The molecule has 0 saturated heterocycles. The first-order chi connectivity index (χ1) is 10.3. The van der Waals surface area contributed by atoms with Crippen LogP contribution >= 0.6 is 22.9 Å². The van der Waals surface area contributed by atoms with Gasteiger partial charge in [-0.2, -0.15) is 5.10 Å². The molecule has 0 unspecified atom stereocenters. The molecule has 3 aromatic rings. The van der Waals surface area contributed by atoms with Crippen molar-refractivity contribution in [3.63, 3.8) is 0 Å². The maximum atomic E-state index is 5.88. The summed E-state index contributed by atoms with van der Waals surface area (Å²) in [5.74, 6) is 0. The first-order valence-corrected chi connectivity index (χ1v) is 7.48. The summed E-state index contributed by atoms with van der Waals surface area (Å²) in [5.41, 5.74) is 5.62. The fourth-order valence-corrected chi connectivity index (χ4v) is 2.48. The van der Waals surface area contributed by atoms with Crippen LogP contribution in [0.3, 0.4) is 0 Å². The molecule has 0 aliphatic rings. The monoisotopic (exact) mass is 314 g/mol. The minimum atomic E-state index is 0.715. The SMILES string of the molecule is Clc1ccc(-c2csc(N/N=C/c3ccccn3)n2)cc1. The lowest BCUT2D eigenvalue weighted by molar-refractivity contribution is 1.26. The zero-order valence-electron chi connectivity index (χ0n) is 10.9. The number of aromatic nitrogens is 2. The van der Waals surface area contributed by atoms with Crippen molar-refractivity contribution >= 4 is 34.3 Å². The van der Waals surface area contributed by atoms with Crippen molar-refractivity contribution in [3.8, 4) is 11.3 Å². The molecule has 2 heterocycles. The second kappa shape index (κ2) is 6.47. The van der Waals surface area contributed by atoms with Crippen molar-refractivity contribution in [2.45, 2.75) is 0 Å². The zero-order valence-corrected chi connectivity index (χ0v) is 12.5. The van der Waals surface area contributed by atoms with Crippen molar-refractivity contribution in [2.75, 3.05) is 5.43 Å². The third-order valence-corrected chi connectivity index (χ3v) is 3.69. The third-order valence-electron chi connectivity index (χ3n) is 2.69. The molecule has 4 nitrogen and oxygen atoms in total. The van der Waals surface area contributed by atoms with E-state index in [0.29, 0.717) is 5.02 Å². The molecule has 0 spiro atoms. The fraction of sp³-hybridized carbons (Fsp3) is 0. The maximum absolute atomic E-state index is 5.88. The third kappa shape index (κ3) is 3.65. The maximum Gasteiger partial charge on any atom is 0.203 e. The molecule has 1 aromatic carbocycles. The van der Waals surface area contributed by atoms with Crippen molar-refractivity contribution < 1.29 is 0 Å². The lowest BCUT2D eigenvalue weighted by Gasteiger charge is -1.96. The molecule has 0 amide bonds. The average Bonchev–Trinajstić information content (AvgIpc) is 2.98. The number of hydrogen-bond donors (Lipinski definition) is 1. The van der Waals surface area contributed by atoms with Gasteiger partial charge < -0.3 is 0 Å². The van der Waals surface area contributed by atoms with Gasteiger partial charge in [0.25, 0.3) is 0 Å². The summed E-state index contributed by atoms with van der Waals surface area (Å²) in [6.45, 7) is 0. The van der Waals surface area contributed by atoms with E-state index < -0.39 is 0 Å². The Morgan fingerprint density at radius 2 is 2.00 bits per heavy atom. The van der Waals surface area contributed by atoms with E-state index in [1.54, 1.807) is 12.4 Å². The van der Waals surface area contributed by atoms with Crippen LogP contribution in [-0.2, 0) is 0 Å². The van der Waals surface area contributed by atoms with Crippen molar-refractivity contribution in [2.24, 2.45) is 5.10 Å². The number of halogens is 1. The summed E-state index contributed by atoms with van der Waals surface area (Å²) in [7, 11) is 0. The lowest BCUT2D eigenvalue weighted by atomic mass is 10.2. The molecule has 1 N–H and O–H groups in total. The van der Waals surface area contributed by atoms with Crippen LogP contribution < -0.4 is 5.43 Å². The Morgan fingerprint density at radius 1 is 1.14 bits per heavy atom. The Balaban J connectivity index is 1.68. The normalized spacial score (nSPS) is 10.9. The van der Waals surface area contributed by atoms with Crippen LogP contribution in [-0.4, -0.2) is 16.2 Å². The van der Waals surface area contributed by atoms with E-state index in [9.17, 15) is 0 Å². The molecular weight excluding hydrogens is 304 g/mol. The standard InChI is InChI=1S/C15H11ClN4S/c16-12-6-4-11(5-7-12)14-10-21-15(19-14)20-18-9-13-3-1-2-8-17-13/h1-10H,(H,19,20)/b18-9+. The van der Waals surface area contributed by atoms with Gasteiger partial charge in [0.2, 0.25) is 5.13 Å². The summed E-state index contributed by atoms with van der Waals surface area (Å²) < 4.78 is 0. The number of benzene rings is 1. The van der Waals surface area contributed by atoms with Gasteiger partial charge in [-0.25, -0.2) is 4.98 Å². The molecule has 21 heavy (non-hydrogen) atoms. The summed E-state index contributed by atoms with van der Waals surface area (Å²) >= 11 is 7.37. The van der Waals surface area contributed by atoms with Gasteiger partial charge in [-0.05, 0) is 24.3 Å². The van der Waals surface area contributed by atoms with Gasteiger partial charge in [0.05, 0.1) is 17.6 Å². The smallest absolute Gasteiger partial charge is 0.203 e. The topological polar surface area (TPSA) is 50.2 Å². The number of nitrogens with zero attached hydrogens (tertiary/aromatic N) is 3. The number of rotatable bonds is 4. The van der Waals surface area contributed by atoms with Crippen LogP contribution in [0.15, 0.2) is 59.1 Å². The van der Waals surface area contributed by atoms with Crippen LogP contribution in [0.1, 0.15) is 5.69 Å². The molecule has 0 fully saturated rings. The van der Waals surface area contributed by atoms with E-state index in [1.807, 2.05) is 47.8 Å². The Morgan fingerprint density at radius 3 is 2.76 bits per heavy atom. The number of pyridine rings is 1. The molecule has 104 valence electrons. The average molecular weight is 315 g/mol. The molecule has 0 saturated carbocycles. The minimum absolute atomic E-state index is 0.715. The molecule has 6 heteroatoms. The largest absolute Gasteiger partial charge is 0.255 e. The van der Waals surface area contributed by atoms with Crippen LogP contribution in [0.25, 0.3) is 11.3 Å². The van der Waals surface area contributed by atoms with Gasteiger partial charge in [-0.1, -0.05) is 29.8 Å². The molecule has 0 bridgehead atoms. The minimum Gasteiger partial charge on any atom is -0.255 e. The quantitative estimate of drug-likeness (QED) is 0.577. The van der Waals surface area contributed by atoms with Gasteiger partial charge in [0, 0.05) is 22.2 Å². The Kier molecular flexibility index (Phi) is 4.23. The van der Waals surface area contributed by atoms with E-state index in [2.05, 4.69) is 20.5 Å². The van der Waals surface area contributed by atoms with Gasteiger partial charge in [-0.3, -0.25) is 10.4 Å². The van der Waals surface area contributed by atoms with Crippen LogP contribution in [0.5, 0.6) is 0 Å². The van der Waals surface area contributed by atoms with Crippen LogP contribution in [0, 0.1) is 0 Å². The number of thiazole rings is 1. The van der Waals surface area contributed by atoms with Crippen LogP contribution in [0.4, 0.5) is 5.13 Å². The van der Waals surface area contributed by atoms with E-state index in [-0.39, 0.29) is 0 Å². The zero-order chi connectivity index (χ0) is 14.5.